The van der Waals surface area contributed by atoms with E-state index in [9.17, 15) is 0 Å². The van der Waals surface area contributed by atoms with Crippen LogP contribution < -0.4 is 9.47 Å². The molecule has 0 bridgehead atoms. The Morgan fingerprint density at radius 3 is 2.75 bits per heavy atom. The SMILES string of the molecule is COc1ccc(C=NO)c(OCc2ccccc2Cl)c1. The van der Waals surface area contributed by atoms with Gasteiger partial charge in [0.15, 0.2) is 0 Å². The van der Waals surface area contributed by atoms with E-state index < -0.39 is 0 Å². The van der Waals surface area contributed by atoms with Crippen LogP contribution in [-0.2, 0) is 6.61 Å². The summed E-state index contributed by atoms with van der Waals surface area (Å²) in [6.45, 7) is 0.319. The van der Waals surface area contributed by atoms with E-state index in [1.165, 1.54) is 6.21 Å². The molecule has 0 unspecified atom stereocenters. The quantitative estimate of drug-likeness (QED) is 0.519. The Morgan fingerprint density at radius 2 is 2.05 bits per heavy atom. The van der Waals surface area contributed by atoms with Crippen molar-refractivity contribution >= 4 is 17.8 Å². The van der Waals surface area contributed by atoms with E-state index in [-0.39, 0.29) is 0 Å². The first-order chi connectivity index (χ1) is 9.74. The Balaban J connectivity index is 2.21. The van der Waals surface area contributed by atoms with Gasteiger partial charge in [-0.15, -0.1) is 0 Å². The van der Waals surface area contributed by atoms with Crippen molar-refractivity contribution in [1.82, 2.24) is 0 Å². The minimum absolute atomic E-state index is 0.319. The molecule has 20 heavy (non-hydrogen) atoms. The van der Waals surface area contributed by atoms with E-state index in [1.54, 1.807) is 25.3 Å². The number of benzene rings is 2. The molecule has 0 amide bonds. The van der Waals surface area contributed by atoms with Crippen molar-refractivity contribution in [3.05, 3.63) is 58.6 Å². The minimum Gasteiger partial charge on any atom is -0.497 e. The van der Waals surface area contributed by atoms with Crippen LogP contribution in [0.2, 0.25) is 5.02 Å². The molecule has 1 N–H and O–H groups in total. The first-order valence-electron chi connectivity index (χ1n) is 5.96. The van der Waals surface area contributed by atoms with Crippen LogP contribution in [0, 0.1) is 0 Å². The van der Waals surface area contributed by atoms with Gasteiger partial charge in [-0.3, -0.25) is 0 Å². The summed E-state index contributed by atoms with van der Waals surface area (Å²) in [5.74, 6) is 1.22. The van der Waals surface area contributed by atoms with Crippen molar-refractivity contribution in [2.24, 2.45) is 5.16 Å². The number of methoxy groups -OCH3 is 1. The highest BCUT2D eigenvalue weighted by Gasteiger charge is 2.06. The summed E-state index contributed by atoms with van der Waals surface area (Å²) >= 11 is 6.08. The van der Waals surface area contributed by atoms with E-state index in [2.05, 4.69) is 5.16 Å². The maximum absolute atomic E-state index is 8.66. The van der Waals surface area contributed by atoms with Crippen molar-refractivity contribution in [3.8, 4) is 11.5 Å². The van der Waals surface area contributed by atoms with E-state index in [0.717, 1.165) is 5.56 Å². The molecule has 0 aliphatic rings. The van der Waals surface area contributed by atoms with Gasteiger partial charge in [-0.25, -0.2) is 0 Å². The predicted octanol–water partition coefficient (Wildman–Crippen LogP) is 3.74. The molecule has 0 aromatic heterocycles. The normalized spacial score (nSPS) is 10.7. The topological polar surface area (TPSA) is 51.0 Å². The zero-order valence-electron chi connectivity index (χ0n) is 10.9. The standard InChI is InChI=1S/C15H14ClNO3/c1-19-13-7-6-11(9-17-18)15(8-13)20-10-12-4-2-3-5-14(12)16/h2-9,18H,10H2,1H3. The molecule has 104 valence electrons. The van der Waals surface area contributed by atoms with Crippen LogP contribution in [0.15, 0.2) is 47.6 Å². The van der Waals surface area contributed by atoms with Crippen LogP contribution in [0.5, 0.6) is 11.5 Å². The van der Waals surface area contributed by atoms with E-state index >= 15 is 0 Å². The average Bonchev–Trinajstić information content (AvgIpc) is 2.48. The average molecular weight is 292 g/mol. The third-order valence-corrected chi connectivity index (χ3v) is 3.13. The Labute approximate surface area is 122 Å². The number of hydrogen-bond donors (Lipinski definition) is 1. The van der Waals surface area contributed by atoms with Gasteiger partial charge < -0.3 is 14.7 Å². The smallest absolute Gasteiger partial charge is 0.132 e. The Morgan fingerprint density at radius 1 is 1.25 bits per heavy atom. The van der Waals surface area contributed by atoms with Crippen molar-refractivity contribution < 1.29 is 14.7 Å². The molecule has 2 aromatic carbocycles. The summed E-state index contributed by atoms with van der Waals surface area (Å²) in [4.78, 5) is 0. The molecule has 2 rings (SSSR count). The molecule has 4 nitrogen and oxygen atoms in total. The lowest BCUT2D eigenvalue weighted by Gasteiger charge is -2.11. The summed E-state index contributed by atoms with van der Waals surface area (Å²) in [6, 6.07) is 12.7. The summed E-state index contributed by atoms with van der Waals surface area (Å²) in [5, 5.41) is 12.3. The van der Waals surface area contributed by atoms with Gasteiger partial charge in [0.05, 0.1) is 13.3 Å². The number of oxime groups is 1. The van der Waals surface area contributed by atoms with Gasteiger partial charge in [-0.05, 0) is 18.2 Å². The number of ether oxygens (including phenoxy) is 2. The molecule has 0 atom stereocenters. The highest BCUT2D eigenvalue weighted by atomic mass is 35.5. The molecule has 0 saturated carbocycles. The predicted molar refractivity (Wildman–Crippen MR) is 78.2 cm³/mol. The van der Waals surface area contributed by atoms with Crippen LogP contribution >= 0.6 is 11.6 Å². The maximum Gasteiger partial charge on any atom is 0.132 e. The molecular weight excluding hydrogens is 278 g/mol. The zero-order valence-corrected chi connectivity index (χ0v) is 11.7. The molecule has 2 aromatic rings. The summed E-state index contributed by atoms with van der Waals surface area (Å²) < 4.78 is 10.9. The Hall–Kier alpha value is -2.20. The largest absolute Gasteiger partial charge is 0.497 e. The molecular formula is C15H14ClNO3. The summed E-state index contributed by atoms with van der Waals surface area (Å²) in [7, 11) is 1.58. The number of rotatable bonds is 5. The molecule has 0 radical (unpaired) electrons. The van der Waals surface area contributed by atoms with Crippen molar-refractivity contribution in [3.63, 3.8) is 0 Å². The van der Waals surface area contributed by atoms with Crippen LogP contribution in [0.25, 0.3) is 0 Å². The third-order valence-electron chi connectivity index (χ3n) is 2.76. The van der Waals surface area contributed by atoms with Crippen LogP contribution in [-0.4, -0.2) is 18.5 Å². The summed E-state index contributed by atoms with van der Waals surface area (Å²) in [5.41, 5.74) is 1.53. The second-order valence-electron chi connectivity index (χ2n) is 4.03. The van der Waals surface area contributed by atoms with E-state index in [4.69, 9.17) is 26.3 Å². The van der Waals surface area contributed by atoms with Crippen LogP contribution in [0.4, 0.5) is 0 Å². The maximum atomic E-state index is 8.66. The fourth-order valence-electron chi connectivity index (χ4n) is 1.71. The lowest BCUT2D eigenvalue weighted by molar-refractivity contribution is 0.302. The van der Waals surface area contributed by atoms with Crippen molar-refractivity contribution in [1.29, 1.82) is 0 Å². The fourth-order valence-corrected chi connectivity index (χ4v) is 1.90. The Kier molecular flexibility index (Phi) is 4.85. The van der Waals surface area contributed by atoms with Crippen molar-refractivity contribution in [2.75, 3.05) is 7.11 Å². The number of hydrogen-bond acceptors (Lipinski definition) is 4. The second kappa shape index (κ2) is 6.82. The monoisotopic (exact) mass is 291 g/mol. The molecule has 0 aliphatic carbocycles. The molecule has 0 heterocycles. The number of halogens is 1. The zero-order chi connectivity index (χ0) is 14.4. The van der Waals surface area contributed by atoms with Gasteiger partial charge in [0.1, 0.15) is 18.1 Å². The first kappa shape index (κ1) is 14.2. The Bertz CT molecular complexity index is 614. The van der Waals surface area contributed by atoms with Crippen molar-refractivity contribution in [2.45, 2.75) is 6.61 Å². The van der Waals surface area contributed by atoms with E-state index in [0.29, 0.717) is 28.7 Å². The highest BCUT2D eigenvalue weighted by Crippen LogP contribution is 2.25. The van der Waals surface area contributed by atoms with Gasteiger partial charge in [-0.2, -0.15) is 0 Å². The van der Waals surface area contributed by atoms with Crippen LogP contribution in [0.1, 0.15) is 11.1 Å². The van der Waals surface area contributed by atoms with E-state index in [1.807, 2.05) is 24.3 Å². The van der Waals surface area contributed by atoms with Gasteiger partial charge in [-0.1, -0.05) is 35.0 Å². The molecule has 0 spiro atoms. The molecule has 0 saturated heterocycles. The van der Waals surface area contributed by atoms with Gasteiger partial charge in [0.25, 0.3) is 0 Å². The molecule has 0 fully saturated rings. The molecule has 5 heteroatoms. The minimum atomic E-state index is 0.319. The second-order valence-corrected chi connectivity index (χ2v) is 4.44. The lowest BCUT2D eigenvalue weighted by Crippen LogP contribution is -1.99. The van der Waals surface area contributed by atoms with Gasteiger partial charge in [0, 0.05) is 22.2 Å². The number of nitrogens with zero attached hydrogens (tertiary/aromatic N) is 1. The van der Waals surface area contributed by atoms with Crippen LogP contribution in [0.3, 0.4) is 0 Å². The van der Waals surface area contributed by atoms with Gasteiger partial charge in [0.2, 0.25) is 0 Å². The summed E-state index contributed by atoms with van der Waals surface area (Å²) in [6.07, 6.45) is 1.31. The van der Waals surface area contributed by atoms with Gasteiger partial charge >= 0.3 is 0 Å². The third kappa shape index (κ3) is 3.42. The highest BCUT2D eigenvalue weighted by molar-refractivity contribution is 6.31. The first-order valence-corrected chi connectivity index (χ1v) is 6.34. The fraction of sp³-hybridized carbons (Fsp3) is 0.133. The molecule has 0 aliphatic heterocycles. The lowest BCUT2D eigenvalue weighted by atomic mass is 10.2.